The quantitative estimate of drug-likeness (QED) is 0.742. The lowest BCUT2D eigenvalue weighted by molar-refractivity contribution is -0.133. The summed E-state index contributed by atoms with van der Waals surface area (Å²) in [5.41, 5.74) is 1.98. The molecule has 0 bridgehead atoms. The summed E-state index contributed by atoms with van der Waals surface area (Å²) in [5.74, 6) is 0.132. The molecule has 0 aromatic heterocycles. The van der Waals surface area contributed by atoms with E-state index >= 15 is 0 Å². The van der Waals surface area contributed by atoms with E-state index in [1.165, 1.54) is 4.31 Å². The summed E-state index contributed by atoms with van der Waals surface area (Å²) >= 11 is 0. The van der Waals surface area contributed by atoms with Crippen molar-refractivity contribution in [2.75, 3.05) is 32.7 Å². The number of sulfonamides is 1. The molecule has 1 aromatic rings. The highest BCUT2D eigenvalue weighted by Crippen LogP contribution is 2.20. The molecule has 0 spiro atoms. The van der Waals surface area contributed by atoms with Crippen molar-refractivity contribution in [3.05, 3.63) is 29.3 Å². The molecule has 1 saturated heterocycles. The van der Waals surface area contributed by atoms with Gasteiger partial charge in [0.25, 0.3) is 0 Å². The lowest BCUT2D eigenvalue weighted by atomic mass is 10.1. The van der Waals surface area contributed by atoms with Gasteiger partial charge in [-0.05, 0) is 49.4 Å². The minimum Gasteiger partial charge on any atom is -0.347 e. The molecular weight excluding hydrogens is 378 g/mol. The average Bonchev–Trinajstić information content (AvgIpc) is 2.66. The van der Waals surface area contributed by atoms with Crippen molar-refractivity contribution in [1.29, 1.82) is 0 Å². The molecule has 2 amide bonds. The Morgan fingerprint density at radius 2 is 1.71 bits per heavy atom. The van der Waals surface area contributed by atoms with Gasteiger partial charge in [0.2, 0.25) is 21.8 Å². The number of amides is 2. The number of hydrogen-bond donors (Lipinski definition) is 1. The normalized spacial score (nSPS) is 15.7. The van der Waals surface area contributed by atoms with Crippen LogP contribution in [0.4, 0.5) is 0 Å². The zero-order valence-electron chi connectivity index (χ0n) is 17.2. The molecule has 156 valence electrons. The summed E-state index contributed by atoms with van der Waals surface area (Å²) in [6.07, 6.45) is 1.20. The number of hydrogen-bond acceptors (Lipinski definition) is 4. The fraction of sp³-hybridized carbons (Fsp3) is 0.600. The Labute approximate surface area is 168 Å². The van der Waals surface area contributed by atoms with E-state index in [0.717, 1.165) is 17.5 Å². The molecule has 0 atom stereocenters. The fourth-order valence-corrected chi connectivity index (χ4v) is 4.50. The number of carbonyl (C=O) groups excluding carboxylic acids is 2. The number of rotatable bonds is 7. The van der Waals surface area contributed by atoms with Crippen LogP contribution in [0.5, 0.6) is 0 Å². The van der Waals surface area contributed by atoms with Gasteiger partial charge in [0.1, 0.15) is 0 Å². The van der Waals surface area contributed by atoms with Crippen molar-refractivity contribution in [3.8, 4) is 0 Å². The van der Waals surface area contributed by atoms with Gasteiger partial charge in [-0.2, -0.15) is 4.31 Å². The Balaban J connectivity index is 1.87. The Hall–Kier alpha value is -1.93. The second-order valence-electron chi connectivity index (χ2n) is 7.74. The van der Waals surface area contributed by atoms with E-state index in [1.807, 2.05) is 33.8 Å². The molecule has 1 heterocycles. The van der Waals surface area contributed by atoms with Crippen molar-refractivity contribution in [3.63, 3.8) is 0 Å². The molecule has 1 N–H and O–H groups in total. The lowest BCUT2D eigenvalue weighted by Crippen LogP contribution is -2.52. The molecule has 0 aliphatic carbocycles. The number of nitrogens with one attached hydrogen (secondary N) is 1. The first-order valence-corrected chi connectivity index (χ1v) is 11.2. The topological polar surface area (TPSA) is 86.8 Å². The fourth-order valence-electron chi connectivity index (χ4n) is 3.00. The number of carbonyl (C=O) groups is 2. The number of aryl methyl sites for hydroxylation is 2. The zero-order chi connectivity index (χ0) is 20.9. The molecule has 8 heteroatoms. The van der Waals surface area contributed by atoms with Gasteiger partial charge >= 0.3 is 0 Å². The SMILES string of the molecule is Cc1ccc(S(=O)(=O)N2CCN(C(=O)CNC(=O)CCC(C)C)CC2)cc1C. The average molecular weight is 410 g/mol. The molecule has 7 nitrogen and oxygen atoms in total. The minimum absolute atomic E-state index is 0.0408. The smallest absolute Gasteiger partial charge is 0.243 e. The molecular formula is C20H31N3O4S. The van der Waals surface area contributed by atoms with Gasteiger partial charge in [0.15, 0.2) is 0 Å². The van der Waals surface area contributed by atoms with Crippen molar-refractivity contribution < 1.29 is 18.0 Å². The standard InChI is InChI=1S/C20H31N3O4S/c1-15(2)5-8-19(24)21-14-20(25)22-9-11-23(12-10-22)28(26,27)18-7-6-16(3)17(4)13-18/h6-7,13,15H,5,8-12,14H2,1-4H3,(H,21,24). The second-order valence-corrected chi connectivity index (χ2v) is 9.68. The first-order valence-electron chi connectivity index (χ1n) is 9.73. The molecule has 28 heavy (non-hydrogen) atoms. The van der Waals surface area contributed by atoms with E-state index in [4.69, 9.17) is 0 Å². The summed E-state index contributed by atoms with van der Waals surface area (Å²) in [7, 11) is -3.57. The third-order valence-electron chi connectivity index (χ3n) is 5.09. The van der Waals surface area contributed by atoms with Crippen LogP contribution in [0.15, 0.2) is 23.1 Å². The Morgan fingerprint density at radius 3 is 2.29 bits per heavy atom. The van der Waals surface area contributed by atoms with Gasteiger partial charge < -0.3 is 10.2 Å². The molecule has 1 aliphatic heterocycles. The van der Waals surface area contributed by atoms with Crippen molar-refractivity contribution in [2.45, 2.75) is 45.4 Å². The maximum absolute atomic E-state index is 12.8. The maximum Gasteiger partial charge on any atom is 0.243 e. The third-order valence-corrected chi connectivity index (χ3v) is 6.99. The number of nitrogens with zero attached hydrogens (tertiary/aromatic N) is 2. The van der Waals surface area contributed by atoms with E-state index in [2.05, 4.69) is 5.32 Å². The van der Waals surface area contributed by atoms with E-state index in [1.54, 1.807) is 17.0 Å². The van der Waals surface area contributed by atoms with Crippen LogP contribution in [-0.4, -0.2) is 62.2 Å². The summed E-state index contributed by atoms with van der Waals surface area (Å²) < 4.78 is 27.1. The predicted molar refractivity (Wildman–Crippen MR) is 108 cm³/mol. The summed E-state index contributed by atoms with van der Waals surface area (Å²) in [5, 5.41) is 2.65. The van der Waals surface area contributed by atoms with E-state index in [9.17, 15) is 18.0 Å². The van der Waals surface area contributed by atoms with Crippen LogP contribution in [-0.2, 0) is 19.6 Å². The second kappa shape index (κ2) is 9.52. The zero-order valence-corrected chi connectivity index (χ0v) is 18.0. The minimum atomic E-state index is -3.57. The van der Waals surface area contributed by atoms with Crippen LogP contribution < -0.4 is 5.32 Å². The van der Waals surface area contributed by atoms with Gasteiger partial charge in [-0.3, -0.25) is 9.59 Å². The Morgan fingerprint density at radius 1 is 1.07 bits per heavy atom. The molecule has 1 aliphatic rings. The van der Waals surface area contributed by atoms with Crippen LogP contribution in [0.1, 0.15) is 37.8 Å². The lowest BCUT2D eigenvalue weighted by Gasteiger charge is -2.34. The first-order chi connectivity index (χ1) is 13.1. The summed E-state index contributed by atoms with van der Waals surface area (Å²) in [4.78, 5) is 25.9. The van der Waals surface area contributed by atoms with Gasteiger partial charge in [-0.15, -0.1) is 0 Å². The summed E-state index contributed by atoms with van der Waals surface area (Å²) in [6.45, 7) is 9.03. The molecule has 0 unspecified atom stereocenters. The predicted octanol–water partition coefficient (Wildman–Crippen LogP) is 1.69. The van der Waals surface area contributed by atoms with E-state index in [-0.39, 0.29) is 36.3 Å². The van der Waals surface area contributed by atoms with Gasteiger partial charge in [0, 0.05) is 32.6 Å². The van der Waals surface area contributed by atoms with Crippen molar-refractivity contribution in [2.24, 2.45) is 5.92 Å². The van der Waals surface area contributed by atoms with Crippen LogP contribution in [0.3, 0.4) is 0 Å². The van der Waals surface area contributed by atoms with Gasteiger partial charge in [-0.25, -0.2) is 8.42 Å². The molecule has 0 saturated carbocycles. The highest BCUT2D eigenvalue weighted by molar-refractivity contribution is 7.89. The number of benzene rings is 1. The van der Waals surface area contributed by atoms with Crippen molar-refractivity contribution >= 4 is 21.8 Å². The van der Waals surface area contributed by atoms with Gasteiger partial charge in [0.05, 0.1) is 11.4 Å². The first kappa shape index (κ1) is 22.4. The molecule has 1 fully saturated rings. The van der Waals surface area contributed by atoms with Crippen LogP contribution in [0.2, 0.25) is 0 Å². The highest BCUT2D eigenvalue weighted by atomic mass is 32.2. The summed E-state index contributed by atoms with van der Waals surface area (Å²) in [6, 6.07) is 5.13. The largest absolute Gasteiger partial charge is 0.347 e. The highest BCUT2D eigenvalue weighted by Gasteiger charge is 2.30. The van der Waals surface area contributed by atoms with Crippen LogP contribution >= 0.6 is 0 Å². The molecule has 2 rings (SSSR count). The molecule has 0 radical (unpaired) electrons. The number of piperazine rings is 1. The van der Waals surface area contributed by atoms with E-state index in [0.29, 0.717) is 25.4 Å². The Kier molecular flexibility index (Phi) is 7.60. The Bertz CT molecular complexity index is 813. The van der Waals surface area contributed by atoms with Crippen LogP contribution in [0, 0.1) is 19.8 Å². The molecule has 1 aromatic carbocycles. The van der Waals surface area contributed by atoms with Crippen LogP contribution in [0.25, 0.3) is 0 Å². The monoisotopic (exact) mass is 409 g/mol. The third kappa shape index (κ3) is 5.78. The van der Waals surface area contributed by atoms with Crippen molar-refractivity contribution in [1.82, 2.24) is 14.5 Å². The maximum atomic E-state index is 12.8. The van der Waals surface area contributed by atoms with E-state index < -0.39 is 10.0 Å². The van der Waals surface area contributed by atoms with Gasteiger partial charge in [-0.1, -0.05) is 19.9 Å².